The summed E-state index contributed by atoms with van der Waals surface area (Å²) in [4.78, 5) is 32.9. The number of benzene rings is 2. The third-order valence-electron chi connectivity index (χ3n) is 7.44. The van der Waals surface area contributed by atoms with Gasteiger partial charge in [0.25, 0.3) is 11.8 Å². The summed E-state index contributed by atoms with van der Waals surface area (Å²) in [5, 5.41) is 20.9. The number of hydrogen-bond donors (Lipinski definition) is 3. The number of carbonyl (C=O) groups excluding carboxylic acids is 1. The van der Waals surface area contributed by atoms with Crippen LogP contribution >= 0.6 is 0 Å². The van der Waals surface area contributed by atoms with Crippen LogP contribution in [0.2, 0.25) is 0 Å². The molecule has 6 rings (SSSR count). The van der Waals surface area contributed by atoms with Crippen LogP contribution in [0.15, 0.2) is 83.6 Å². The average Bonchev–Trinajstić information content (AvgIpc) is 3.57. The first-order valence-electron chi connectivity index (χ1n) is 13.7. The number of carbonyl (C=O) groups is 1. The molecule has 0 radical (unpaired) electrons. The number of rotatable bonds is 9. The Hall–Kier alpha value is -5.16. The Kier molecular flexibility index (Phi) is 7.09. The molecule has 0 fully saturated rings. The van der Waals surface area contributed by atoms with Crippen LogP contribution < -0.4 is 10.6 Å². The van der Waals surface area contributed by atoms with Gasteiger partial charge in [-0.25, -0.2) is 4.98 Å². The Morgan fingerprint density at radius 1 is 1.00 bits per heavy atom. The largest absolute Gasteiger partial charge is 0.394 e. The summed E-state index contributed by atoms with van der Waals surface area (Å²) in [6.07, 6.45) is 3.25. The molecule has 2 aromatic carbocycles. The number of aliphatic hydroxyl groups is 1. The van der Waals surface area contributed by atoms with E-state index in [1.54, 1.807) is 18.5 Å². The number of aliphatic hydroxyl groups excluding tert-OH is 1. The summed E-state index contributed by atoms with van der Waals surface area (Å²) >= 11 is 0. The molecular formula is C31H30N8O3. The molecule has 3 N–H and O–H groups in total. The lowest BCUT2D eigenvalue weighted by Gasteiger charge is -2.31. The quantitative estimate of drug-likeness (QED) is 0.220. The van der Waals surface area contributed by atoms with Gasteiger partial charge in [-0.3, -0.25) is 9.78 Å². The van der Waals surface area contributed by atoms with Crippen LogP contribution in [0.5, 0.6) is 0 Å². The van der Waals surface area contributed by atoms with Gasteiger partial charge >= 0.3 is 0 Å². The average molecular weight is 563 g/mol. The Balaban J connectivity index is 1.36. The van der Waals surface area contributed by atoms with Gasteiger partial charge in [0.2, 0.25) is 11.8 Å². The molecule has 42 heavy (non-hydrogen) atoms. The smallest absolute Gasteiger partial charge is 0.263 e. The highest BCUT2D eigenvalue weighted by atomic mass is 16.5. The van der Waals surface area contributed by atoms with Crippen molar-refractivity contribution in [3.8, 4) is 23.0 Å². The zero-order chi connectivity index (χ0) is 29.3. The molecule has 11 nitrogen and oxygen atoms in total. The maximum atomic E-state index is 12.9. The molecule has 1 atom stereocenters. The van der Waals surface area contributed by atoms with E-state index >= 15 is 0 Å². The van der Waals surface area contributed by atoms with Gasteiger partial charge in [-0.05, 0) is 62.2 Å². The van der Waals surface area contributed by atoms with Gasteiger partial charge in [-0.1, -0.05) is 41.6 Å². The van der Waals surface area contributed by atoms with Gasteiger partial charge in [-0.15, -0.1) is 0 Å². The molecule has 11 heteroatoms. The van der Waals surface area contributed by atoms with E-state index in [1.807, 2.05) is 86.3 Å². The maximum Gasteiger partial charge on any atom is 0.263 e. The minimum absolute atomic E-state index is 0.0247. The maximum absolute atomic E-state index is 12.9. The second kappa shape index (κ2) is 11.0. The van der Waals surface area contributed by atoms with E-state index in [9.17, 15) is 9.90 Å². The lowest BCUT2D eigenvalue weighted by Crippen LogP contribution is -2.38. The van der Waals surface area contributed by atoms with Crippen molar-refractivity contribution in [1.82, 2.24) is 30.0 Å². The number of nitrogens with one attached hydrogen (secondary N) is 2. The summed E-state index contributed by atoms with van der Waals surface area (Å²) in [5.41, 5.74) is 3.84. The highest BCUT2D eigenvalue weighted by Crippen LogP contribution is 2.40. The summed E-state index contributed by atoms with van der Waals surface area (Å²) in [7, 11) is 0. The minimum Gasteiger partial charge on any atom is -0.394 e. The zero-order valence-corrected chi connectivity index (χ0v) is 23.4. The Morgan fingerprint density at radius 2 is 1.81 bits per heavy atom. The molecule has 5 aromatic rings. The Bertz CT molecular complexity index is 1720. The van der Waals surface area contributed by atoms with Crippen LogP contribution in [0.25, 0.3) is 23.0 Å². The number of hydrogen-bond acceptors (Lipinski definition) is 10. The minimum atomic E-state index is -0.460. The first kappa shape index (κ1) is 27.0. The number of anilines is 3. The van der Waals surface area contributed by atoms with E-state index in [-0.39, 0.29) is 18.4 Å². The lowest BCUT2D eigenvalue weighted by atomic mass is 9.93. The van der Waals surface area contributed by atoms with Crippen molar-refractivity contribution in [2.75, 3.05) is 23.8 Å². The molecule has 1 aliphatic rings. The molecule has 0 saturated heterocycles. The normalized spacial score (nSPS) is 14.5. The molecule has 0 unspecified atom stereocenters. The topological polar surface area (TPSA) is 142 Å². The van der Waals surface area contributed by atoms with Gasteiger partial charge in [0.15, 0.2) is 0 Å². The standard InChI is InChI=1S/C31H30N8O3/c1-4-39-29(41)21-14-13-20(16-23(21)31(39,2)3)34-30-33-17-22(28-36-27(38-42-28)24-12-8-9-15-32-24)26(37-30)35-25(18-40)19-10-6-5-7-11-19/h5-17,25,40H,4,18H2,1-3H3,(H2,33,34,35,37)/t25-/m1/s1. The number of amides is 1. The van der Waals surface area contributed by atoms with Crippen LogP contribution in [0.4, 0.5) is 17.5 Å². The van der Waals surface area contributed by atoms with E-state index in [2.05, 4.69) is 30.7 Å². The molecule has 1 aliphatic heterocycles. The van der Waals surface area contributed by atoms with E-state index in [4.69, 9.17) is 9.51 Å². The van der Waals surface area contributed by atoms with Crippen LogP contribution in [-0.4, -0.2) is 54.2 Å². The van der Waals surface area contributed by atoms with Crippen molar-refractivity contribution < 1.29 is 14.4 Å². The fourth-order valence-corrected chi connectivity index (χ4v) is 5.25. The van der Waals surface area contributed by atoms with Crippen molar-refractivity contribution in [2.45, 2.75) is 32.4 Å². The number of pyridine rings is 1. The SMILES string of the molecule is CCN1C(=O)c2ccc(Nc3ncc(-c4nc(-c5ccccn5)no4)c(N[C@H](CO)c4ccccc4)n3)cc2C1(C)C. The molecular weight excluding hydrogens is 532 g/mol. The molecule has 0 bridgehead atoms. The van der Waals surface area contributed by atoms with Crippen molar-refractivity contribution >= 4 is 23.4 Å². The van der Waals surface area contributed by atoms with Gasteiger partial charge < -0.3 is 25.2 Å². The van der Waals surface area contributed by atoms with Crippen molar-refractivity contribution in [3.63, 3.8) is 0 Å². The molecule has 3 aromatic heterocycles. The zero-order valence-electron chi connectivity index (χ0n) is 23.4. The van der Waals surface area contributed by atoms with Gasteiger partial charge in [-0.2, -0.15) is 9.97 Å². The fourth-order valence-electron chi connectivity index (χ4n) is 5.25. The van der Waals surface area contributed by atoms with E-state index < -0.39 is 11.6 Å². The van der Waals surface area contributed by atoms with Gasteiger partial charge in [0.05, 0.1) is 18.2 Å². The first-order chi connectivity index (χ1) is 20.4. The number of fused-ring (bicyclic) bond motifs is 1. The molecule has 212 valence electrons. The van der Waals surface area contributed by atoms with Crippen LogP contribution in [-0.2, 0) is 5.54 Å². The number of aromatic nitrogens is 5. The summed E-state index contributed by atoms with van der Waals surface area (Å²) in [5.74, 6) is 1.26. The molecule has 0 spiro atoms. The Labute approximate surface area is 242 Å². The molecule has 4 heterocycles. The van der Waals surface area contributed by atoms with Crippen LogP contribution in [0, 0.1) is 0 Å². The second-order valence-corrected chi connectivity index (χ2v) is 10.4. The van der Waals surface area contributed by atoms with Crippen molar-refractivity contribution in [1.29, 1.82) is 0 Å². The van der Waals surface area contributed by atoms with E-state index in [0.717, 1.165) is 16.8 Å². The summed E-state index contributed by atoms with van der Waals surface area (Å²) < 4.78 is 5.59. The van der Waals surface area contributed by atoms with Crippen molar-refractivity contribution in [3.05, 3.63) is 95.8 Å². The first-order valence-corrected chi connectivity index (χ1v) is 13.7. The Morgan fingerprint density at radius 3 is 2.55 bits per heavy atom. The third kappa shape index (κ3) is 4.94. The predicted octanol–water partition coefficient (Wildman–Crippen LogP) is 5.19. The van der Waals surface area contributed by atoms with E-state index in [1.165, 1.54) is 0 Å². The summed E-state index contributed by atoms with van der Waals surface area (Å²) in [6.45, 7) is 6.50. The monoisotopic (exact) mass is 562 g/mol. The second-order valence-electron chi connectivity index (χ2n) is 10.4. The van der Waals surface area contributed by atoms with Gasteiger partial charge in [0.1, 0.15) is 17.1 Å². The van der Waals surface area contributed by atoms with Crippen LogP contribution in [0.3, 0.4) is 0 Å². The van der Waals surface area contributed by atoms with Gasteiger partial charge in [0, 0.05) is 30.2 Å². The van der Waals surface area contributed by atoms with Crippen molar-refractivity contribution in [2.24, 2.45) is 0 Å². The molecule has 0 saturated carbocycles. The van der Waals surface area contributed by atoms with E-state index in [0.29, 0.717) is 41.0 Å². The highest BCUT2D eigenvalue weighted by molar-refractivity contribution is 6.00. The highest BCUT2D eigenvalue weighted by Gasteiger charge is 2.42. The molecule has 0 aliphatic carbocycles. The van der Waals surface area contributed by atoms with Crippen LogP contribution in [0.1, 0.15) is 48.3 Å². The predicted molar refractivity (Wildman–Crippen MR) is 158 cm³/mol. The summed E-state index contributed by atoms with van der Waals surface area (Å²) in [6, 6.07) is 20.2. The lowest BCUT2D eigenvalue weighted by molar-refractivity contribution is 0.0635. The molecule has 1 amide bonds. The third-order valence-corrected chi connectivity index (χ3v) is 7.44. The number of nitrogens with zero attached hydrogens (tertiary/aromatic N) is 6. The fraction of sp³-hybridized carbons (Fsp3) is 0.226.